The van der Waals surface area contributed by atoms with Crippen LogP contribution in [-0.4, -0.2) is 56.7 Å². The van der Waals surface area contributed by atoms with E-state index in [0.717, 1.165) is 36.0 Å². The molecule has 1 saturated heterocycles. The van der Waals surface area contributed by atoms with Crippen LogP contribution in [0.5, 0.6) is 11.5 Å². The van der Waals surface area contributed by atoms with E-state index in [2.05, 4.69) is 15.6 Å². The molecule has 28 heavy (non-hydrogen) atoms. The highest BCUT2D eigenvalue weighted by Gasteiger charge is 2.27. The van der Waals surface area contributed by atoms with Crippen molar-refractivity contribution in [2.24, 2.45) is 10.9 Å². The molecular weight excluding hydrogens is 471 g/mol. The maximum absolute atomic E-state index is 12.1. The van der Waals surface area contributed by atoms with Crippen LogP contribution in [0.3, 0.4) is 0 Å². The van der Waals surface area contributed by atoms with Crippen molar-refractivity contribution in [2.45, 2.75) is 39.8 Å². The van der Waals surface area contributed by atoms with Crippen molar-refractivity contribution < 1.29 is 14.3 Å². The topological polar surface area (TPSA) is 75.2 Å². The van der Waals surface area contributed by atoms with E-state index < -0.39 is 0 Å². The maximum atomic E-state index is 12.1. The Kier molecular flexibility index (Phi) is 10.4. The standard InChI is InChI=1S/C20H32N4O3.HI/c1-6-27-17-8-7-15(11-18(17)26-5)12-22-20(21-4)23-16-9-10-24(13-16)19(25)14(2)3;/h7-8,11,14,16H,6,9-10,12-13H2,1-5H3,(H2,21,22,23);1H. The van der Waals surface area contributed by atoms with Gasteiger partial charge in [-0.05, 0) is 31.0 Å². The summed E-state index contributed by atoms with van der Waals surface area (Å²) < 4.78 is 10.9. The first-order chi connectivity index (χ1) is 13.0. The van der Waals surface area contributed by atoms with Gasteiger partial charge in [0.15, 0.2) is 17.5 Å². The van der Waals surface area contributed by atoms with Crippen LogP contribution in [0, 0.1) is 5.92 Å². The highest BCUT2D eigenvalue weighted by atomic mass is 127. The largest absolute Gasteiger partial charge is 0.493 e. The Morgan fingerprint density at radius 3 is 2.71 bits per heavy atom. The quantitative estimate of drug-likeness (QED) is 0.340. The number of hydrogen-bond donors (Lipinski definition) is 2. The van der Waals surface area contributed by atoms with Gasteiger partial charge in [-0.25, -0.2) is 0 Å². The van der Waals surface area contributed by atoms with Gasteiger partial charge in [-0.3, -0.25) is 9.79 Å². The van der Waals surface area contributed by atoms with Gasteiger partial charge in [-0.15, -0.1) is 24.0 Å². The highest BCUT2D eigenvalue weighted by molar-refractivity contribution is 14.0. The van der Waals surface area contributed by atoms with E-state index in [-0.39, 0.29) is 41.8 Å². The van der Waals surface area contributed by atoms with E-state index in [4.69, 9.17) is 9.47 Å². The van der Waals surface area contributed by atoms with Gasteiger partial charge in [0.05, 0.1) is 13.7 Å². The molecule has 0 radical (unpaired) electrons. The molecule has 1 aliphatic rings. The molecule has 0 saturated carbocycles. The molecule has 1 aliphatic heterocycles. The first kappa shape index (κ1) is 24.3. The molecule has 0 spiro atoms. The van der Waals surface area contributed by atoms with Gasteiger partial charge in [0.1, 0.15) is 0 Å². The van der Waals surface area contributed by atoms with Crippen LogP contribution in [0.2, 0.25) is 0 Å². The van der Waals surface area contributed by atoms with Crippen LogP contribution >= 0.6 is 24.0 Å². The van der Waals surface area contributed by atoms with E-state index in [9.17, 15) is 4.79 Å². The summed E-state index contributed by atoms with van der Waals surface area (Å²) in [5, 5.41) is 6.73. The number of ether oxygens (including phenoxy) is 2. The molecule has 2 N–H and O–H groups in total. The number of halogens is 1. The number of nitrogens with one attached hydrogen (secondary N) is 2. The number of likely N-dealkylation sites (tertiary alicyclic amines) is 1. The lowest BCUT2D eigenvalue weighted by atomic mass is 10.2. The van der Waals surface area contributed by atoms with E-state index in [1.807, 2.05) is 43.9 Å². The van der Waals surface area contributed by atoms with Gasteiger partial charge in [0.2, 0.25) is 5.91 Å². The molecule has 2 rings (SSSR count). The normalized spacial score (nSPS) is 16.6. The second kappa shape index (κ2) is 12.0. The van der Waals surface area contributed by atoms with Gasteiger partial charge < -0.3 is 25.0 Å². The van der Waals surface area contributed by atoms with Crippen molar-refractivity contribution in [1.29, 1.82) is 0 Å². The van der Waals surface area contributed by atoms with Gasteiger partial charge in [-0.2, -0.15) is 0 Å². The fourth-order valence-corrected chi connectivity index (χ4v) is 3.11. The second-order valence-corrected chi connectivity index (χ2v) is 6.91. The average molecular weight is 504 g/mol. The molecule has 1 amide bonds. The van der Waals surface area contributed by atoms with Crippen LogP contribution in [0.4, 0.5) is 0 Å². The zero-order valence-corrected chi connectivity index (χ0v) is 19.8. The summed E-state index contributed by atoms with van der Waals surface area (Å²) in [5.41, 5.74) is 1.07. The van der Waals surface area contributed by atoms with Gasteiger partial charge >= 0.3 is 0 Å². The second-order valence-electron chi connectivity index (χ2n) is 6.91. The molecule has 1 aromatic rings. The first-order valence-corrected chi connectivity index (χ1v) is 9.54. The summed E-state index contributed by atoms with van der Waals surface area (Å²) in [4.78, 5) is 18.3. The lowest BCUT2D eigenvalue weighted by Crippen LogP contribution is -2.45. The smallest absolute Gasteiger partial charge is 0.225 e. The molecule has 1 unspecified atom stereocenters. The molecule has 1 aromatic carbocycles. The minimum absolute atomic E-state index is 0. The third-order valence-electron chi connectivity index (χ3n) is 4.55. The molecule has 0 aliphatic carbocycles. The fourth-order valence-electron chi connectivity index (χ4n) is 3.11. The SMILES string of the molecule is CCOc1ccc(CNC(=NC)NC2CCN(C(=O)C(C)C)C2)cc1OC.I. The van der Waals surface area contributed by atoms with Crippen LogP contribution in [-0.2, 0) is 11.3 Å². The molecular formula is C20H33IN4O3. The van der Waals surface area contributed by atoms with Crippen LogP contribution in [0.1, 0.15) is 32.8 Å². The highest BCUT2D eigenvalue weighted by Crippen LogP contribution is 2.27. The third kappa shape index (κ3) is 6.72. The number of hydrogen-bond acceptors (Lipinski definition) is 4. The van der Waals surface area contributed by atoms with E-state index in [0.29, 0.717) is 19.7 Å². The van der Waals surface area contributed by atoms with Crippen molar-refractivity contribution >= 4 is 35.8 Å². The summed E-state index contributed by atoms with van der Waals surface area (Å²) in [6, 6.07) is 6.10. The lowest BCUT2D eigenvalue weighted by molar-refractivity contribution is -0.133. The summed E-state index contributed by atoms with van der Waals surface area (Å²) in [5.74, 6) is 2.44. The van der Waals surface area contributed by atoms with Crippen LogP contribution in [0.15, 0.2) is 23.2 Å². The number of guanidine groups is 1. The predicted molar refractivity (Wildman–Crippen MR) is 123 cm³/mol. The van der Waals surface area contributed by atoms with Gasteiger partial charge in [0.25, 0.3) is 0 Å². The molecule has 1 atom stereocenters. The minimum Gasteiger partial charge on any atom is -0.493 e. The fraction of sp³-hybridized carbons (Fsp3) is 0.600. The Bertz CT molecular complexity index is 667. The Hall–Kier alpha value is -1.71. The Morgan fingerprint density at radius 1 is 1.36 bits per heavy atom. The average Bonchev–Trinajstić information content (AvgIpc) is 3.13. The molecule has 0 bridgehead atoms. The van der Waals surface area contributed by atoms with Crippen LogP contribution < -0.4 is 20.1 Å². The molecule has 7 nitrogen and oxygen atoms in total. The number of nitrogens with zero attached hydrogens (tertiary/aromatic N) is 2. The molecule has 8 heteroatoms. The summed E-state index contributed by atoms with van der Waals surface area (Å²) in [7, 11) is 3.39. The number of amides is 1. The Balaban J connectivity index is 0.00000392. The van der Waals surface area contributed by atoms with Crippen LogP contribution in [0.25, 0.3) is 0 Å². The molecule has 1 fully saturated rings. The Morgan fingerprint density at radius 2 is 2.11 bits per heavy atom. The van der Waals surface area contributed by atoms with Crippen molar-refractivity contribution in [3.05, 3.63) is 23.8 Å². The predicted octanol–water partition coefficient (Wildman–Crippen LogP) is 2.63. The summed E-state index contributed by atoms with van der Waals surface area (Å²) >= 11 is 0. The number of aliphatic imine (C=N–C) groups is 1. The zero-order valence-electron chi connectivity index (χ0n) is 17.4. The summed E-state index contributed by atoms with van der Waals surface area (Å²) in [6.07, 6.45) is 0.927. The van der Waals surface area contributed by atoms with Crippen molar-refractivity contribution in [3.8, 4) is 11.5 Å². The summed E-state index contributed by atoms with van der Waals surface area (Å²) in [6.45, 7) is 8.55. The lowest BCUT2D eigenvalue weighted by Gasteiger charge is -2.20. The minimum atomic E-state index is 0. The van der Waals surface area contributed by atoms with Crippen molar-refractivity contribution in [2.75, 3.05) is 33.9 Å². The maximum Gasteiger partial charge on any atom is 0.225 e. The molecule has 1 heterocycles. The monoisotopic (exact) mass is 504 g/mol. The Labute approximate surface area is 185 Å². The van der Waals surface area contributed by atoms with E-state index in [1.165, 1.54) is 0 Å². The number of carbonyl (C=O) groups is 1. The van der Waals surface area contributed by atoms with E-state index in [1.54, 1.807) is 14.2 Å². The molecule has 158 valence electrons. The number of methoxy groups -OCH3 is 1. The van der Waals surface area contributed by atoms with Gasteiger partial charge in [-0.1, -0.05) is 19.9 Å². The first-order valence-electron chi connectivity index (χ1n) is 9.54. The van der Waals surface area contributed by atoms with E-state index >= 15 is 0 Å². The molecule has 0 aromatic heterocycles. The third-order valence-corrected chi connectivity index (χ3v) is 4.55. The zero-order chi connectivity index (χ0) is 19.8. The van der Waals surface area contributed by atoms with Gasteiger partial charge in [0, 0.05) is 38.6 Å². The number of rotatable bonds is 7. The number of benzene rings is 1. The number of carbonyl (C=O) groups excluding carboxylic acids is 1. The van der Waals surface area contributed by atoms with Crippen molar-refractivity contribution in [1.82, 2.24) is 15.5 Å². The van der Waals surface area contributed by atoms with Crippen molar-refractivity contribution in [3.63, 3.8) is 0 Å².